The number of fused-ring (bicyclic) bond motifs is 1. The van der Waals surface area contributed by atoms with E-state index >= 15 is 0 Å². The van der Waals surface area contributed by atoms with Crippen molar-refractivity contribution in [2.24, 2.45) is 5.41 Å². The summed E-state index contributed by atoms with van der Waals surface area (Å²) in [6, 6.07) is 5.73. The SMILES string of the molecule is Cc1cc([C@@H](C)Nc2ccc(Cl)nc2C(=O)NS(C)(=O)=O)c2oc(C34CC(C(F)(F)F)(C3)C4)c(C)c(=O)c2c1. The van der Waals surface area contributed by atoms with Crippen molar-refractivity contribution < 1.29 is 30.8 Å². The lowest BCUT2D eigenvalue weighted by Crippen LogP contribution is -2.70. The van der Waals surface area contributed by atoms with Crippen molar-refractivity contribution in [2.75, 3.05) is 11.6 Å². The van der Waals surface area contributed by atoms with Crippen LogP contribution in [-0.4, -0.2) is 31.7 Å². The minimum Gasteiger partial charge on any atom is -0.460 e. The molecule has 13 heteroatoms. The molecule has 2 N–H and O–H groups in total. The molecule has 1 aromatic carbocycles. The minimum atomic E-state index is -4.30. The Morgan fingerprint density at radius 1 is 1.18 bits per heavy atom. The summed E-state index contributed by atoms with van der Waals surface area (Å²) in [7, 11) is -3.88. The molecule has 2 heterocycles. The van der Waals surface area contributed by atoms with Crippen molar-refractivity contribution in [1.29, 1.82) is 0 Å². The van der Waals surface area contributed by atoms with Crippen LogP contribution >= 0.6 is 11.6 Å². The fourth-order valence-corrected chi connectivity index (χ4v) is 6.56. The zero-order valence-corrected chi connectivity index (χ0v) is 23.0. The second kappa shape index (κ2) is 8.69. The smallest absolute Gasteiger partial charge is 0.394 e. The third-order valence-electron chi connectivity index (χ3n) is 7.70. The first-order valence-corrected chi connectivity index (χ1v) is 14.3. The molecule has 3 aliphatic rings. The fourth-order valence-electron chi connectivity index (χ4n) is 5.98. The molecule has 208 valence electrons. The number of nitrogens with one attached hydrogen (secondary N) is 2. The van der Waals surface area contributed by atoms with Crippen molar-refractivity contribution in [3.05, 3.63) is 67.8 Å². The van der Waals surface area contributed by atoms with Gasteiger partial charge in [0.05, 0.1) is 28.8 Å². The number of alkyl halides is 3. The second-order valence-electron chi connectivity index (χ2n) is 10.8. The van der Waals surface area contributed by atoms with Gasteiger partial charge in [0.15, 0.2) is 11.1 Å². The zero-order valence-electron chi connectivity index (χ0n) is 21.4. The molecule has 0 aliphatic heterocycles. The highest BCUT2D eigenvalue weighted by Gasteiger charge is 2.80. The highest BCUT2D eigenvalue weighted by atomic mass is 35.5. The molecular formula is C26H25ClF3N3O5S. The first-order chi connectivity index (χ1) is 18.0. The molecule has 3 saturated carbocycles. The van der Waals surface area contributed by atoms with Gasteiger partial charge in [-0.25, -0.2) is 18.1 Å². The number of benzene rings is 1. The maximum atomic E-state index is 13.5. The number of hydrogen-bond acceptors (Lipinski definition) is 7. The van der Waals surface area contributed by atoms with E-state index in [1.165, 1.54) is 12.1 Å². The highest BCUT2D eigenvalue weighted by molar-refractivity contribution is 7.89. The Hall–Kier alpha value is -3.12. The summed E-state index contributed by atoms with van der Waals surface area (Å²) >= 11 is 5.95. The molecule has 3 aromatic rings. The Morgan fingerprint density at radius 2 is 1.82 bits per heavy atom. The van der Waals surface area contributed by atoms with Gasteiger partial charge in [0.2, 0.25) is 10.0 Å². The van der Waals surface area contributed by atoms with E-state index in [0.717, 1.165) is 11.8 Å². The van der Waals surface area contributed by atoms with Gasteiger partial charge >= 0.3 is 6.18 Å². The van der Waals surface area contributed by atoms with Crippen LogP contribution in [0.5, 0.6) is 0 Å². The Labute approximate surface area is 227 Å². The number of carbonyl (C=O) groups is 1. The number of sulfonamides is 1. The van der Waals surface area contributed by atoms with Gasteiger partial charge < -0.3 is 9.73 Å². The van der Waals surface area contributed by atoms with Crippen LogP contribution in [0.3, 0.4) is 0 Å². The van der Waals surface area contributed by atoms with Crippen LogP contribution in [0.25, 0.3) is 11.0 Å². The van der Waals surface area contributed by atoms with Crippen LogP contribution in [0.2, 0.25) is 5.15 Å². The normalized spacial score (nSPS) is 23.1. The summed E-state index contributed by atoms with van der Waals surface area (Å²) in [5.41, 5.74) is -1.11. The highest BCUT2D eigenvalue weighted by Crippen LogP contribution is 2.78. The van der Waals surface area contributed by atoms with Gasteiger partial charge in [0.1, 0.15) is 16.5 Å². The summed E-state index contributed by atoms with van der Waals surface area (Å²) in [5, 5.41) is 3.37. The maximum absolute atomic E-state index is 13.5. The van der Waals surface area contributed by atoms with E-state index in [0.29, 0.717) is 16.5 Å². The van der Waals surface area contributed by atoms with E-state index in [9.17, 15) is 31.2 Å². The van der Waals surface area contributed by atoms with E-state index in [-0.39, 0.29) is 52.6 Å². The molecular weight excluding hydrogens is 559 g/mol. The van der Waals surface area contributed by atoms with Gasteiger partial charge in [0, 0.05) is 16.5 Å². The van der Waals surface area contributed by atoms with Gasteiger partial charge in [-0.15, -0.1) is 0 Å². The average Bonchev–Trinajstić information content (AvgIpc) is 2.74. The van der Waals surface area contributed by atoms with E-state index in [1.807, 2.05) is 4.72 Å². The Balaban J connectivity index is 1.56. The standard InChI is InChI=1S/C26H25ClF3N3O5S/c1-12-7-15(14(3)31-17-5-6-18(27)32-19(17)23(35)33-39(4,36)37)21-16(8-12)20(34)13(2)22(38-21)24-9-25(10-24,11-24)26(28,29)30/h5-8,14,31H,9-11H2,1-4H3,(H,33,35)/t14-,24?,25?/m1/s1. The number of aromatic nitrogens is 1. The third-order valence-corrected chi connectivity index (χ3v) is 8.46. The molecule has 8 nitrogen and oxygen atoms in total. The second-order valence-corrected chi connectivity index (χ2v) is 12.9. The Morgan fingerprint density at radius 3 is 2.41 bits per heavy atom. The lowest BCUT2D eigenvalue weighted by molar-refractivity contribution is -0.340. The lowest BCUT2D eigenvalue weighted by Gasteiger charge is -2.69. The maximum Gasteiger partial charge on any atom is 0.394 e. The van der Waals surface area contributed by atoms with Crippen LogP contribution in [0.4, 0.5) is 18.9 Å². The number of anilines is 1. The van der Waals surface area contributed by atoms with Crippen LogP contribution in [0.1, 0.15) is 65.2 Å². The lowest BCUT2D eigenvalue weighted by atomic mass is 9.34. The third kappa shape index (κ3) is 4.47. The Kier molecular flexibility index (Phi) is 6.12. The summed E-state index contributed by atoms with van der Waals surface area (Å²) < 4.78 is 71.8. The predicted octanol–water partition coefficient (Wildman–Crippen LogP) is 5.30. The number of nitrogens with zero attached hydrogens (tertiary/aromatic N) is 1. The number of amides is 1. The van der Waals surface area contributed by atoms with Gasteiger partial charge in [-0.3, -0.25) is 9.59 Å². The van der Waals surface area contributed by atoms with E-state index in [2.05, 4.69) is 10.3 Å². The summed E-state index contributed by atoms with van der Waals surface area (Å²) in [6.45, 7) is 5.11. The zero-order chi connectivity index (χ0) is 28.7. The summed E-state index contributed by atoms with van der Waals surface area (Å²) in [4.78, 5) is 30.0. The number of halogens is 4. The van der Waals surface area contributed by atoms with Crippen LogP contribution in [0, 0.1) is 19.3 Å². The van der Waals surface area contributed by atoms with E-state index in [4.69, 9.17) is 16.0 Å². The molecule has 3 aliphatic carbocycles. The topological polar surface area (TPSA) is 118 Å². The van der Waals surface area contributed by atoms with Crippen LogP contribution in [-0.2, 0) is 15.4 Å². The van der Waals surface area contributed by atoms with Gasteiger partial charge in [-0.2, -0.15) is 13.2 Å². The molecule has 1 amide bonds. The number of pyridine rings is 1. The first kappa shape index (κ1) is 27.4. The molecule has 0 spiro atoms. The number of rotatable bonds is 6. The molecule has 0 radical (unpaired) electrons. The molecule has 6 rings (SSSR count). The number of aryl methyl sites for hydroxylation is 1. The van der Waals surface area contributed by atoms with E-state index < -0.39 is 39.0 Å². The molecule has 0 unspecified atom stereocenters. The number of hydrogen-bond donors (Lipinski definition) is 2. The van der Waals surface area contributed by atoms with Gasteiger partial charge in [-0.1, -0.05) is 17.7 Å². The van der Waals surface area contributed by atoms with Crippen LogP contribution in [0.15, 0.2) is 33.5 Å². The quantitative estimate of drug-likeness (QED) is 0.378. The van der Waals surface area contributed by atoms with Crippen molar-refractivity contribution in [3.63, 3.8) is 0 Å². The van der Waals surface area contributed by atoms with Crippen molar-refractivity contribution in [2.45, 2.75) is 57.7 Å². The molecule has 2 bridgehead atoms. The number of carbonyl (C=O) groups excluding carboxylic acids is 1. The largest absolute Gasteiger partial charge is 0.460 e. The predicted molar refractivity (Wildman–Crippen MR) is 140 cm³/mol. The van der Waals surface area contributed by atoms with Crippen molar-refractivity contribution in [3.8, 4) is 0 Å². The molecule has 1 atom stereocenters. The summed E-state index contributed by atoms with van der Waals surface area (Å²) in [6.07, 6.45) is -3.79. The van der Waals surface area contributed by atoms with Crippen molar-refractivity contribution >= 4 is 44.2 Å². The molecule has 3 fully saturated rings. The van der Waals surface area contributed by atoms with Gasteiger partial charge in [-0.05, 0) is 63.8 Å². The monoisotopic (exact) mass is 583 g/mol. The Bertz CT molecular complexity index is 1700. The van der Waals surface area contributed by atoms with E-state index in [1.54, 1.807) is 32.9 Å². The minimum absolute atomic E-state index is 0.0332. The van der Waals surface area contributed by atoms with Gasteiger partial charge in [0.25, 0.3) is 5.91 Å². The molecule has 2 aromatic heterocycles. The first-order valence-electron chi connectivity index (χ1n) is 12.1. The molecule has 39 heavy (non-hydrogen) atoms. The van der Waals surface area contributed by atoms with Crippen LogP contribution < -0.4 is 15.5 Å². The average molecular weight is 584 g/mol. The molecule has 0 saturated heterocycles. The fraction of sp³-hybridized carbons (Fsp3) is 0.423. The summed E-state index contributed by atoms with van der Waals surface area (Å²) in [5.74, 6) is -0.708. The van der Waals surface area contributed by atoms with Crippen molar-refractivity contribution in [1.82, 2.24) is 9.71 Å².